The highest BCUT2D eigenvalue weighted by atomic mass is 79.9. The van der Waals surface area contributed by atoms with E-state index in [1.54, 1.807) is 6.92 Å². The van der Waals surface area contributed by atoms with Gasteiger partial charge in [-0.15, -0.1) is 0 Å². The molecule has 17 heavy (non-hydrogen) atoms. The lowest BCUT2D eigenvalue weighted by Gasteiger charge is -2.16. The zero-order chi connectivity index (χ0) is 13.2. The molecule has 0 N–H and O–H groups in total. The SMILES string of the molecule is CC(C(Br)Cc1ccc(F)cc1F)S(C)(=O)=O. The van der Waals surface area contributed by atoms with Gasteiger partial charge in [0.2, 0.25) is 0 Å². The van der Waals surface area contributed by atoms with Crippen LogP contribution >= 0.6 is 15.9 Å². The van der Waals surface area contributed by atoms with Gasteiger partial charge in [0.05, 0.1) is 5.25 Å². The second-order valence-corrected chi connectivity index (χ2v) is 7.57. The Kier molecular flexibility index (Phi) is 4.66. The summed E-state index contributed by atoms with van der Waals surface area (Å²) < 4.78 is 48.7. The van der Waals surface area contributed by atoms with Crippen LogP contribution in [-0.4, -0.2) is 24.8 Å². The molecule has 0 heterocycles. The first-order chi connectivity index (χ1) is 7.71. The van der Waals surface area contributed by atoms with Gasteiger partial charge in [-0.2, -0.15) is 0 Å². The second kappa shape index (κ2) is 5.44. The van der Waals surface area contributed by atoms with Crippen LogP contribution in [0.5, 0.6) is 0 Å². The predicted octanol–water partition coefficient (Wildman–Crippen LogP) is 2.70. The number of hydrogen-bond donors (Lipinski definition) is 0. The van der Waals surface area contributed by atoms with Gasteiger partial charge in [-0.25, -0.2) is 17.2 Å². The lowest BCUT2D eigenvalue weighted by molar-refractivity contribution is 0.565. The molecular weight excluding hydrogens is 314 g/mol. The van der Waals surface area contributed by atoms with Crippen molar-refractivity contribution in [1.29, 1.82) is 0 Å². The van der Waals surface area contributed by atoms with Crippen LogP contribution < -0.4 is 0 Å². The first-order valence-electron chi connectivity index (χ1n) is 4.98. The first kappa shape index (κ1) is 14.6. The summed E-state index contributed by atoms with van der Waals surface area (Å²) in [6.07, 6.45) is 1.33. The van der Waals surface area contributed by atoms with Crippen LogP contribution in [0.15, 0.2) is 18.2 Å². The summed E-state index contributed by atoms with van der Waals surface area (Å²) in [6, 6.07) is 3.28. The van der Waals surface area contributed by atoms with Gasteiger partial charge in [0.1, 0.15) is 11.6 Å². The number of alkyl halides is 1. The molecule has 6 heteroatoms. The van der Waals surface area contributed by atoms with Gasteiger partial charge in [-0.3, -0.25) is 0 Å². The molecule has 0 saturated heterocycles. The normalized spacial score (nSPS) is 15.6. The van der Waals surface area contributed by atoms with Gasteiger partial charge < -0.3 is 0 Å². The zero-order valence-corrected chi connectivity index (χ0v) is 11.9. The fraction of sp³-hybridized carbons (Fsp3) is 0.455. The van der Waals surface area contributed by atoms with Crippen LogP contribution in [0.1, 0.15) is 12.5 Å². The van der Waals surface area contributed by atoms with Gasteiger partial charge in [0.25, 0.3) is 0 Å². The molecule has 1 aromatic rings. The number of hydrogen-bond acceptors (Lipinski definition) is 2. The molecule has 0 radical (unpaired) electrons. The van der Waals surface area contributed by atoms with Crippen molar-refractivity contribution in [3.05, 3.63) is 35.4 Å². The summed E-state index contributed by atoms with van der Waals surface area (Å²) in [7, 11) is -3.19. The van der Waals surface area contributed by atoms with Gasteiger partial charge in [0.15, 0.2) is 9.84 Å². The summed E-state index contributed by atoms with van der Waals surface area (Å²) >= 11 is 3.23. The number of sulfone groups is 1. The third-order valence-electron chi connectivity index (χ3n) is 2.61. The average molecular weight is 327 g/mol. The van der Waals surface area contributed by atoms with Crippen molar-refractivity contribution in [3.63, 3.8) is 0 Å². The van der Waals surface area contributed by atoms with Gasteiger partial charge >= 0.3 is 0 Å². The van der Waals surface area contributed by atoms with Crippen molar-refractivity contribution in [2.75, 3.05) is 6.26 Å². The Bertz CT molecular complexity index is 502. The van der Waals surface area contributed by atoms with E-state index in [-0.39, 0.29) is 6.42 Å². The van der Waals surface area contributed by atoms with E-state index in [2.05, 4.69) is 15.9 Å². The van der Waals surface area contributed by atoms with Crippen LogP contribution in [0.3, 0.4) is 0 Å². The van der Waals surface area contributed by atoms with Gasteiger partial charge in [0, 0.05) is 17.1 Å². The maximum Gasteiger partial charge on any atom is 0.151 e. The maximum absolute atomic E-state index is 13.4. The third kappa shape index (κ3) is 4.03. The van der Waals surface area contributed by atoms with Crippen LogP contribution in [-0.2, 0) is 16.3 Å². The van der Waals surface area contributed by atoms with E-state index in [0.29, 0.717) is 5.56 Å². The highest BCUT2D eigenvalue weighted by Gasteiger charge is 2.24. The molecule has 2 unspecified atom stereocenters. The Labute approximate surface area is 108 Å². The smallest absolute Gasteiger partial charge is 0.151 e. The molecule has 0 bridgehead atoms. The Morgan fingerprint density at radius 3 is 2.41 bits per heavy atom. The molecule has 2 nitrogen and oxygen atoms in total. The van der Waals surface area contributed by atoms with E-state index in [1.165, 1.54) is 6.07 Å². The van der Waals surface area contributed by atoms with Crippen LogP contribution in [0.25, 0.3) is 0 Å². The number of halogens is 3. The molecule has 0 aliphatic heterocycles. The standard InChI is InChI=1S/C11H13BrF2O2S/c1-7(17(2,15)16)10(12)5-8-3-4-9(13)6-11(8)14/h3-4,6-7,10H,5H2,1-2H3. The molecule has 1 aromatic carbocycles. The third-order valence-corrected chi connectivity index (χ3v) is 5.76. The highest BCUT2D eigenvalue weighted by Crippen LogP contribution is 2.20. The molecule has 0 aliphatic carbocycles. The molecule has 0 saturated carbocycles. The topological polar surface area (TPSA) is 34.1 Å². The molecule has 1 rings (SSSR count). The minimum Gasteiger partial charge on any atom is -0.229 e. The molecule has 0 fully saturated rings. The van der Waals surface area contributed by atoms with Crippen LogP contribution in [0, 0.1) is 11.6 Å². The van der Waals surface area contributed by atoms with Crippen molar-refractivity contribution in [1.82, 2.24) is 0 Å². The minimum absolute atomic E-state index is 0.195. The van der Waals surface area contributed by atoms with Crippen LogP contribution in [0.4, 0.5) is 8.78 Å². The summed E-state index contributed by atoms with van der Waals surface area (Å²) in [5.41, 5.74) is 0.295. The maximum atomic E-state index is 13.4. The summed E-state index contributed by atoms with van der Waals surface area (Å²) in [5.74, 6) is -1.30. The van der Waals surface area contributed by atoms with Gasteiger partial charge in [-0.05, 0) is 25.0 Å². The van der Waals surface area contributed by atoms with Crippen molar-refractivity contribution in [2.45, 2.75) is 23.4 Å². The van der Waals surface area contributed by atoms with Crippen molar-refractivity contribution >= 4 is 25.8 Å². The Morgan fingerprint density at radius 2 is 1.94 bits per heavy atom. The largest absolute Gasteiger partial charge is 0.229 e. The molecular formula is C11H13BrF2O2S. The fourth-order valence-corrected chi connectivity index (χ4v) is 3.49. The fourth-order valence-electron chi connectivity index (χ4n) is 1.33. The number of benzene rings is 1. The molecule has 0 aliphatic rings. The Balaban J connectivity index is 2.85. The quantitative estimate of drug-likeness (QED) is 0.797. The monoisotopic (exact) mass is 326 g/mol. The molecule has 0 amide bonds. The summed E-state index contributed by atoms with van der Waals surface area (Å²) in [6.45, 7) is 1.55. The summed E-state index contributed by atoms with van der Waals surface area (Å²) in [5, 5.41) is -0.632. The molecule has 96 valence electrons. The van der Waals surface area contributed by atoms with E-state index in [1.807, 2.05) is 0 Å². The van der Waals surface area contributed by atoms with E-state index in [4.69, 9.17) is 0 Å². The van der Waals surface area contributed by atoms with Crippen molar-refractivity contribution < 1.29 is 17.2 Å². The predicted molar refractivity (Wildman–Crippen MR) is 67.1 cm³/mol. The van der Waals surface area contributed by atoms with E-state index < -0.39 is 31.5 Å². The van der Waals surface area contributed by atoms with Crippen LogP contribution in [0.2, 0.25) is 0 Å². The zero-order valence-electron chi connectivity index (χ0n) is 9.45. The summed E-state index contributed by atoms with van der Waals surface area (Å²) in [4.78, 5) is -0.405. The average Bonchev–Trinajstić information content (AvgIpc) is 2.19. The molecule has 0 spiro atoms. The van der Waals surface area contributed by atoms with Gasteiger partial charge in [-0.1, -0.05) is 22.0 Å². The van der Waals surface area contributed by atoms with E-state index in [0.717, 1.165) is 18.4 Å². The first-order valence-corrected chi connectivity index (χ1v) is 7.85. The Morgan fingerprint density at radius 1 is 1.35 bits per heavy atom. The lowest BCUT2D eigenvalue weighted by atomic mass is 10.1. The van der Waals surface area contributed by atoms with E-state index >= 15 is 0 Å². The van der Waals surface area contributed by atoms with Crippen molar-refractivity contribution in [2.24, 2.45) is 0 Å². The van der Waals surface area contributed by atoms with E-state index in [9.17, 15) is 17.2 Å². The minimum atomic E-state index is -3.19. The lowest BCUT2D eigenvalue weighted by Crippen LogP contribution is -2.28. The molecule has 2 atom stereocenters. The van der Waals surface area contributed by atoms with Crippen molar-refractivity contribution in [3.8, 4) is 0 Å². The highest BCUT2D eigenvalue weighted by molar-refractivity contribution is 9.09. The Hall–Kier alpha value is -0.490. The second-order valence-electron chi connectivity index (χ2n) is 3.99. The molecule has 0 aromatic heterocycles. The number of rotatable bonds is 4.